The molecule has 1 amide bonds. The summed E-state index contributed by atoms with van der Waals surface area (Å²) in [6.45, 7) is 2.11. The van der Waals surface area contributed by atoms with Crippen LogP contribution in [0.1, 0.15) is 11.3 Å². The molecule has 34 heavy (non-hydrogen) atoms. The van der Waals surface area contributed by atoms with Gasteiger partial charge in [-0.15, -0.1) is 11.3 Å². The van der Waals surface area contributed by atoms with Crippen molar-refractivity contribution in [1.82, 2.24) is 24.5 Å². The van der Waals surface area contributed by atoms with Gasteiger partial charge in [-0.25, -0.2) is 14.1 Å². The molecule has 7 nitrogen and oxygen atoms in total. The van der Waals surface area contributed by atoms with Crippen molar-refractivity contribution in [3.63, 3.8) is 0 Å². The molecule has 1 aromatic carbocycles. The summed E-state index contributed by atoms with van der Waals surface area (Å²) >= 11 is 14.0. The Kier molecular flexibility index (Phi) is 6.07. The number of rotatable bonds is 6. The van der Waals surface area contributed by atoms with E-state index in [4.69, 9.17) is 23.2 Å². The number of amides is 1. The lowest BCUT2D eigenvalue weighted by Crippen LogP contribution is -2.20. The monoisotopic (exact) mass is 514 g/mol. The number of carbonyl (C=O) groups is 1. The maximum atomic E-state index is 13.3. The molecule has 0 bridgehead atoms. The second-order valence-electron chi connectivity index (χ2n) is 7.58. The highest BCUT2D eigenvalue weighted by Gasteiger charge is 2.18. The van der Waals surface area contributed by atoms with E-state index in [0.29, 0.717) is 11.2 Å². The molecule has 5 aromatic rings. The number of halogens is 3. The van der Waals surface area contributed by atoms with Crippen LogP contribution in [-0.4, -0.2) is 30.5 Å². The number of carbonyl (C=O) groups excluding carboxylic acids is 1. The van der Waals surface area contributed by atoms with Crippen molar-refractivity contribution in [2.45, 2.75) is 20.0 Å². The minimum Gasteiger partial charge on any atom is -0.306 e. The summed E-state index contributed by atoms with van der Waals surface area (Å²) in [6, 6.07) is 10.1. The number of benzene rings is 1. The fourth-order valence-corrected chi connectivity index (χ4v) is 4.91. The third-order valence-corrected chi connectivity index (χ3v) is 6.74. The van der Waals surface area contributed by atoms with Gasteiger partial charge < -0.3 is 5.32 Å². The minimum atomic E-state index is -0.418. The van der Waals surface area contributed by atoms with Crippen molar-refractivity contribution in [1.29, 1.82) is 0 Å². The molecule has 0 radical (unpaired) electrons. The minimum absolute atomic E-state index is 0.0573. The Morgan fingerprint density at radius 1 is 1.18 bits per heavy atom. The number of nitrogens with one attached hydrogen (secondary N) is 1. The number of aromatic nitrogens is 5. The van der Waals surface area contributed by atoms with E-state index in [1.165, 1.54) is 16.8 Å². The van der Waals surface area contributed by atoms with Crippen molar-refractivity contribution < 1.29 is 9.18 Å². The average Bonchev–Trinajstić information content (AvgIpc) is 3.51. The molecular weight excluding hydrogens is 498 g/mol. The fourth-order valence-electron chi connectivity index (χ4n) is 3.72. The van der Waals surface area contributed by atoms with Crippen molar-refractivity contribution in [2.75, 3.05) is 5.32 Å². The van der Waals surface area contributed by atoms with Crippen molar-refractivity contribution >= 4 is 57.3 Å². The quantitative estimate of drug-likeness (QED) is 0.310. The van der Waals surface area contributed by atoms with Gasteiger partial charge in [0.25, 0.3) is 0 Å². The SMILES string of the molecule is Cc1nn(CC(=O)Nc2nn(Cc3ccc(F)cc3Cl)cc2Cl)c2nccc(-c3cccs3)c12. The Hall–Kier alpha value is -3.27. The van der Waals surface area contributed by atoms with Crippen LogP contribution in [0.3, 0.4) is 0 Å². The van der Waals surface area contributed by atoms with Gasteiger partial charge in [-0.2, -0.15) is 10.2 Å². The number of nitrogens with zero attached hydrogens (tertiary/aromatic N) is 5. The zero-order chi connectivity index (χ0) is 23.8. The van der Waals surface area contributed by atoms with E-state index in [2.05, 4.69) is 20.5 Å². The molecule has 4 aromatic heterocycles. The third kappa shape index (κ3) is 4.42. The van der Waals surface area contributed by atoms with Gasteiger partial charge in [0.15, 0.2) is 11.5 Å². The first-order chi connectivity index (χ1) is 16.4. The van der Waals surface area contributed by atoms with Crippen LogP contribution in [-0.2, 0) is 17.9 Å². The fraction of sp³-hybridized carbons (Fsp3) is 0.130. The maximum Gasteiger partial charge on any atom is 0.247 e. The second kappa shape index (κ2) is 9.17. The molecule has 0 atom stereocenters. The summed E-state index contributed by atoms with van der Waals surface area (Å²) in [7, 11) is 0. The number of hydrogen-bond acceptors (Lipinski definition) is 5. The second-order valence-corrected chi connectivity index (χ2v) is 9.35. The number of aryl methyl sites for hydroxylation is 1. The number of thiophene rings is 1. The van der Waals surface area contributed by atoms with Gasteiger partial charge in [-0.05, 0) is 42.1 Å². The van der Waals surface area contributed by atoms with Crippen molar-refractivity contribution in [3.8, 4) is 10.4 Å². The zero-order valence-corrected chi connectivity index (χ0v) is 20.1. The van der Waals surface area contributed by atoms with Crippen LogP contribution in [0.2, 0.25) is 10.0 Å². The Labute approximate surface area is 207 Å². The Balaban J connectivity index is 1.35. The molecule has 0 aliphatic carbocycles. The summed E-state index contributed by atoms with van der Waals surface area (Å²) < 4.78 is 16.4. The van der Waals surface area contributed by atoms with Crippen LogP contribution in [0.25, 0.3) is 21.5 Å². The summed E-state index contributed by atoms with van der Waals surface area (Å²) in [5, 5.41) is 15.1. The lowest BCUT2D eigenvalue weighted by atomic mass is 10.1. The Bertz CT molecular complexity index is 1510. The molecular formula is C23H17Cl2FN6OS. The smallest absolute Gasteiger partial charge is 0.247 e. The van der Waals surface area contributed by atoms with Crippen LogP contribution in [0.15, 0.2) is 54.2 Å². The van der Waals surface area contributed by atoms with Gasteiger partial charge in [-0.1, -0.05) is 35.3 Å². The lowest BCUT2D eigenvalue weighted by Gasteiger charge is -2.06. The molecule has 172 valence electrons. The van der Waals surface area contributed by atoms with Crippen LogP contribution in [0, 0.1) is 12.7 Å². The first kappa shape index (κ1) is 22.5. The summed E-state index contributed by atoms with van der Waals surface area (Å²) in [4.78, 5) is 18.4. The molecule has 0 aliphatic heterocycles. The highest BCUT2D eigenvalue weighted by Crippen LogP contribution is 2.32. The normalized spacial score (nSPS) is 11.3. The van der Waals surface area contributed by atoms with Gasteiger partial charge in [0.05, 0.1) is 17.6 Å². The van der Waals surface area contributed by atoms with Gasteiger partial charge in [0.2, 0.25) is 5.91 Å². The highest BCUT2D eigenvalue weighted by molar-refractivity contribution is 7.13. The predicted molar refractivity (Wildman–Crippen MR) is 132 cm³/mol. The van der Waals surface area contributed by atoms with Crippen molar-refractivity contribution in [3.05, 3.63) is 81.3 Å². The maximum absolute atomic E-state index is 13.3. The van der Waals surface area contributed by atoms with Crippen LogP contribution < -0.4 is 5.32 Å². The van der Waals surface area contributed by atoms with Crippen LogP contribution in [0.5, 0.6) is 0 Å². The average molecular weight is 515 g/mol. The molecule has 0 fully saturated rings. The Morgan fingerprint density at radius 3 is 2.79 bits per heavy atom. The lowest BCUT2D eigenvalue weighted by molar-refractivity contribution is -0.116. The number of anilines is 1. The highest BCUT2D eigenvalue weighted by atomic mass is 35.5. The van der Waals surface area contributed by atoms with E-state index in [1.807, 2.05) is 30.5 Å². The van der Waals surface area contributed by atoms with Crippen LogP contribution in [0.4, 0.5) is 10.2 Å². The first-order valence-electron chi connectivity index (χ1n) is 10.2. The third-order valence-electron chi connectivity index (χ3n) is 5.21. The van der Waals surface area contributed by atoms with Gasteiger partial charge >= 0.3 is 0 Å². The number of hydrogen-bond donors (Lipinski definition) is 1. The first-order valence-corrected chi connectivity index (χ1v) is 11.9. The van der Waals surface area contributed by atoms with Crippen LogP contribution >= 0.6 is 34.5 Å². The van der Waals surface area contributed by atoms with E-state index < -0.39 is 5.82 Å². The molecule has 0 saturated carbocycles. The van der Waals surface area contributed by atoms with E-state index in [9.17, 15) is 9.18 Å². The molecule has 0 saturated heterocycles. The molecule has 5 rings (SSSR count). The predicted octanol–water partition coefficient (Wildman–Crippen LogP) is 5.80. The molecule has 4 heterocycles. The van der Waals surface area contributed by atoms with E-state index in [0.717, 1.165) is 21.5 Å². The van der Waals surface area contributed by atoms with Gasteiger partial charge in [0, 0.05) is 27.9 Å². The van der Waals surface area contributed by atoms with E-state index in [-0.39, 0.29) is 34.9 Å². The summed E-state index contributed by atoms with van der Waals surface area (Å²) in [5.41, 5.74) is 3.12. The molecule has 0 spiro atoms. The molecule has 1 N–H and O–H groups in total. The van der Waals surface area contributed by atoms with E-state index >= 15 is 0 Å². The van der Waals surface area contributed by atoms with E-state index in [1.54, 1.807) is 34.5 Å². The molecule has 0 aliphatic rings. The van der Waals surface area contributed by atoms with Gasteiger partial charge in [0.1, 0.15) is 17.4 Å². The largest absolute Gasteiger partial charge is 0.306 e. The summed E-state index contributed by atoms with van der Waals surface area (Å²) in [5.74, 6) is -0.552. The zero-order valence-electron chi connectivity index (χ0n) is 17.8. The molecule has 0 unspecified atom stereocenters. The van der Waals surface area contributed by atoms with Gasteiger partial charge in [-0.3, -0.25) is 9.48 Å². The molecule has 11 heteroatoms. The topological polar surface area (TPSA) is 77.6 Å². The number of fused-ring (bicyclic) bond motifs is 1. The Morgan fingerprint density at radius 2 is 2.03 bits per heavy atom. The summed E-state index contributed by atoms with van der Waals surface area (Å²) in [6.07, 6.45) is 3.28. The standard InChI is InChI=1S/C23H17Cl2FN6OS/c1-13-21-16(19-3-2-8-34-19)6-7-27-23(21)32(29-13)12-20(33)28-22-18(25)11-31(30-22)10-14-4-5-15(26)9-17(14)24/h2-9,11H,10,12H2,1H3,(H,28,30,33). The van der Waals surface area contributed by atoms with Crippen molar-refractivity contribution in [2.24, 2.45) is 0 Å². The number of pyridine rings is 1.